The summed E-state index contributed by atoms with van der Waals surface area (Å²) < 4.78 is 3.24. The minimum absolute atomic E-state index is 0.101. The second-order valence-corrected chi connectivity index (χ2v) is 5.97. The van der Waals surface area contributed by atoms with Gasteiger partial charge >= 0.3 is 6.03 Å². The van der Waals surface area contributed by atoms with E-state index in [2.05, 4.69) is 20.8 Å². The van der Waals surface area contributed by atoms with Crippen LogP contribution < -0.4 is 10.6 Å². The standard InChI is InChI=1S/C17H19ClN6O2/c1-2-23-11-14(10-19-23)20-17(26)21-16-9-15(22-24(16)6-7-25)12-4-3-5-13(18)8-12/h3-5,8-11,25H,2,6-7H2,1H3,(H2,20,21,26). The van der Waals surface area contributed by atoms with Crippen molar-refractivity contribution in [2.75, 3.05) is 17.2 Å². The van der Waals surface area contributed by atoms with Crippen LogP contribution in [0.3, 0.4) is 0 Å². The van der Waals surface area contributed by atoms with Crippen LogP contribution in [0.15, 0.2) is 42.7 Å². The molecule has 3 N–H and O–H groups in total. The van der Waals surface area contributed by atoms with Crippen molar-refractivity contribution in [1.29, 1.82) is 0 Å². The highest BCUT2D eigenvalue weighted by Crippen LogP contribution is 2.24. The van der Waals surface area contributed by atoms with Crippen molar-refractivity contribution < 1.29 is 9.90 Å². The molecule has 0 saturated carbocycles. The van der Waals surface area contributed by atoms with Crippen molar-refractivity contribution >= 4 is 29.1 Å². The van der Waals surface area contributed by atoms with E-state index in [0.717, 1.165) is 12.1 Å². The van der Waals surface area contributed by atoms with Crippen LogP contribution >= 0.6 is 11.6 Å². The molecule has 2 heterocycles. The number of benzene rings is 1. The molecule has 0 radical (unpaired) electrons. The SMILES string of the molecule is CCn1cc(NC(=O)Nc2cc(-c3cccc(Cl)c3)nn2CCO)cn1. The molecule has 26 heavy (non-hydrogen) atoms. The molecule has 1 aromatic carbocycles. The van der Waals surface area contributed by atoms with Crippen LogP contribution in [0.2, 0.25) is 5.02 Å². The molecule has 0 atom stereocenters. The molecule has 0 aliphatic carbocycles. The molecule has 0 unspecified atom stereocenters. The Morgan fingerprint density at radius 3 is 2.85 bits per heavy atom. The first-order valence-corrected chi connectivity index (χ1v) is 8.52. The monoisotopic (exact) mass is 374 g/mol. The highest BCUT2D eigenvalue weighted by atomic mass is 35.5. The number of hydrogen-bond donors (Lipinski definition) is 3. The topological polar surface area (TPSA) is 97.0 Å². The molecule has 8 nitrogen and oxygen atoms in total. The second kappa shape index (κ2) is 8.03. The zero-order valence-corrected chi connectivity index (χ0v) is 14.9. The van der Waals surface area contributed by atoms with E-state index in [-0.39, 0.29) is 13.2 Å². The molecule has 3 aromatic rings. The molecular formula is C17H19ClN6O2. The smallest absolute Gasteiger partial charge is 0.324 e. The fourth-order valence-electron chi connectivity index (χ4n) is 2.45. The normalized spacial score (nSPS) is 10.7. The molecule has 3 rings (SSSR count). The Kier molecular flexibility index (Phi) is 5.55. The van der Waals surface area contributed by atoms with Crippen molar-refractivity contribution in [2.45, 2.75) is 20.0 Å². The van der Waals surface area contributed by atoms with Crippen molar-refractivity contribution in [3.05, 3.63) is 47.7 Å². The molecular weight excluding hydrogens is 356 g/mol. The number of carbonyl (C=O) groups excluding carboxylic acids is 1. The summed E-state index contributed by atoms with van der Waals surface area (Å²) in [5, 5.41) is 23.8. The number of nitrogens with zero attached hydrogens (tertiary/aromatic N) is 4. The van der Waals surface area contributed by atoms with Gasteiger partial charge in [-0.05, 0) is 19.1 Å². The van der Waals surface area contributed by atoms with Gasteiger partial charge in [0.2, 0.25) is 0 Å². The number of nitrogens with one attached hydrogen (secondary N) is 2. The Hall–Kier alpha value is -2.84. The molecule has 0 bridgehead atoms. The van der Waals surface area contributed by atoms with Gasteiger partial charge in [0.25, 0.3) is 0 Å². The summed E-state index contributed by atoms with van der Waals surface area (Å²) in [5.41, 5.74) is 2.06. The lowest BCUT2D eigenvalue weighted by Gasteiger charge is -2.07. The quantitative estimate of drug-likeness (QED) is 0.617. The fraction of sp³-hybridized carbons (Fsp3) is 0.235. The van der Waals surface area contributed by atoms with Crippen LogP contribution in [0.4, 0.5) is 16.3 Å². The summed E-state index contributed by atoms with van der Waals surface area (Å²) in [6.45, 7) is 2.83. The van der Waals surface area contributed by atoms with Crippen molar-refractivity contribution in [3.8, 4) is 11.3 Å². The first-order chi connectivity index (χ1) is 12.6. The van der Waals surface area contributed by atoms with Crippen molar-refractivity contribution in [3.63, 3.8) is 0 Å². The van der Waals surface area contributed by atoms with Gasteiger partial charge in [0.15, 0.2) is 0 Å². The van der Waals surface area contributed by atoms with Crippen molar-refractivity contribution in [2.24, 2.45) is 0 Å². The maximum absolute atomic E-state index is 12.3. The maximum atomic E-state index is 12.3. The van der Waals surface area contributed by atoms with Gasteiger partial charge in [-0.15, -0.1) is 0 Å². The van der Waals surface area contributed by atoms with E-state index in [4.69, 9.17) is 11.6 Å². The summed E-state index contributed by atoms with van der Waals surface area (Å²) in [5.74, 6) is 0.467. The van der Waals surface area contributed by atoms with E-state index in [1.807, 2.05) is 19.1 Å². The number of halogens is 1. The Labute approximate surface area is 155 Å². The van der Waals surface area contributed by atoms with Gasteiger partial charge in [0.1, 0.15) is 5.82 Å². The number of aryl methyl sites for hydroxylation is 1. The first kappa shape index (κ1) is 18.0. The summed E-state index contributed by atoms with van der Waals surface area (Å²) in [6.07, 6.45) is 3.31. The molecule has 0 spiro atoms. The minimum atomic E-state index is -0.419. The third-order valence-electron chi connectivity index (χ3n) is 3.67. The number of aliphatic hydroxyl groups is 1. The lowest BCUT2D eigenvalue weighted by atomic mass is 10.1. The zero-order valence-electron chi connectivity index (χ0n) is 14.2. The van der Waals surface area contributed by atoms with Crippen LogP contribution in [-0.2, 0) is 13.1 Å². The average molecular weight is 375 g/mol. The Morgan fingerprint density at radius 2 is 2.15 bits per heavy atom. The number of rotatable bonds is 6. The highest BCUT2D eigenvalue weighted by Gasteiger charge is 2.13. The third-order valence-corrected chi connectivity index (χ3v) is 3.90. The predicted octanol–water partition coefficient (Wildman–Crippen LogP) is 3.06. The number of carbonyl (C=O) groups is 1. The zero-order chi connectivity index (χ0) is 18.5. The Bertz CT molecular complexity index is 904. The fourth-order valence-corrected chi connectivity index (χ4v) is 2.64. The summed E-state index contributed by atoms with van der Waals surface area (Å²) in [4.78, 5) is 12.3. The van der Waals surface area contributed by atoms with E-state index in [0.29, 0.717) is 22.2 Å². The van der Waals surface area contributed by atoms with Gasteiger partial charge < -0.3 is 10.4 Å². The number of aliphatic hydroxyl groups excluding tert-OH is 1. The number of urea groups is 1. The molecule has 0 aliphatic rings. The number of amides is 2. The largest absolute Gasteiger partial charge is 0.394 e. The summed E-state index contributed by atoms with van der Waals surface area (Å²) in [7, 11) is 0. The molecule has 9 heteroatoms. The van der Waals surface area contributed by atoms with Crippen LogP contribution in [0.25, 0.3) is 11.3 Å². The van der Waals surface area contributed by atoms with E-state index in [9.17, 15) is 9.90 Å². The molecule has 0 fully saturated rings. The van der Waals surface area contributed by atoms with Crippen LogP contribution in [0, 0.1) is 0 Å². The van der Waals surface area contributed by atoms with Gasteiger partial charge in [-0.3, -0.25) is 10.00 Å². The van der Waals surface area contributed by atoms with E-state index in [1.165, 1.54) is 4.68 Å². The lowest BCUT2D eigenvalue weighted by Crippen LogP contribution is -2.21. The Morgan fingerprint density at radius 1 is 1.31 bits per heavy atom. The van der Waals surface area contributed by atoms with Gasteiger partial charge in [0.05, 0.1) is 30.7 Å². The summed E-state index contributed by atoms with van der Waals surface area (Å²) >= 11 is 6.03. The van der Waals surface area contributed by atoms with Gasteiger partial charge in [-0.2, -0.15) is 10.2 Å². The van der Waals surface area contributed by atoms with Crippen LogP contribution in [0.1, 0.15) is 6.92 Å². The molecule has 0 aliphatic heterocycles. The predicted molar refractivity (Wildman–Crippen MR) is 100 cm³/mol. The molecule has 2 aromatic heterocycles. The van der Waals surface area contributed by atoms with Gasteiger partial charge in [-0.1, -0.05) is 23.7 Å². The van der Waals surface area contributed by atoms with Crippen molar-refractivity contribution in [1.82, 2.24) is 19.6 Å². The first-order valence-electron chi connectivity index (χ1n) is 8.14. The molecule has 0 saturated heterocycles. The van der Waals surface area contributed by atoms with Gasteiger partial charge in [-0.25, -0.2) is 9.48 Å². The lowest BCUT2D eigenvalue weighted by molar-refractivity contribution is 0.260. The van der Waals surface area contributed by atoms with Gasteiger partial charge in [0, 0.05) is 29.4 Å². The van der Waals surface area contributed by atoms with Crippen LogP contribution in [-0.4, -0.2) is 37.3 Å². The number of anilines is 2. The number of aromatic nitrogens is 4. The van der Waals surface area contributed by atoms with E-state index in [1.54, 1.807) is 35.3 Å². The summed E-state index contributed by atoms with van der Waals surface area (Å²) in [6, 6.07) is 8.58. The third kappa shape index (κ3) is 4.22. The Balaban J connectivity index is 1.78. The minimum Gasteiger partial charge on any atom is -0.394 e. The highest BCUT2D eigenvalue weighted by molar-refractivity contribution is 6.30. The molecule has 136 valence electrons. The average Bonchev–Trinajstić information content (AvgIpc) is 3.22. The maximum Gasteiger partial charge on any atom is 0.324 e. The molecule has 2 amide bonds. The number of hydrogen-bond acceptors (Lipinski definition) is 4. The van der Waals surface area contributed by atoms with E-state index < -0.39 is 6.03 Å². The van der Waals surface area contributed by atoms with E-state index >= 15 is 0 Å². The second-order valence-electron chi connectivity index (χ2n) is 5.54. The van der Waals surface area contributed by atoms with Crippen LogP contribution in [0.5, 0.6) is 0 Å².